The molecule has 0 unspecified atom stereocenters. The van der Waals surface area contributed by atoms with Gasteiger partial charge in [-0.25, -0.2) is 0 Å². The van der Waals surface area contributed by atoms with Gasteiger partial charge in [0.25, 0.3) is 0 Å². The highest BCUT2D eigenvalue weighted by Gasteiger charge is 1.74. The molecule has 0 amide bonds. The van der Waals surface area contributed by atoms with Crippen LogP contribution in [-0.2, 0) is 0 Å². The molecule has 1 nitrogen and oxygen atoms in total. The van der Waals surface area contributed by atoms with Crippen LogP contribution in [0.4, 0.5) is 0 Å². The number of hydrogen-bond donors (Lipinski definition) is 0. The Morgan fingerprint density at radius 1 is 1.27 bits per heavy atom. The van der Waals surface area contributed by atoms with E-state index in [2.05, 4.69) is 4.99 Å². The number of hydrogen-bond acceptors (Lipinski definition) is 1. The smallest absolute Gasteiger partial charge is 0.0277 e. The van der Waals surface area contributed by atoms with Gasteiger partial charge in [0.1, 0.15) is 0 Å². The molecule has 0 aliphatic carbocycles. The molecule has 0 saturated carbocycles. The Balaban J connectivity index is 3.94. The van der Waals surface area contributed by atoms with Crippen LogP contribution in [0.5, 0.6) is 0 Å². The van der Waals surface area contributed by atoms with E-state index in [1.54, 1.807) is 13.3 Å². The van der Waals surface area contributed by atoms with E-state index in [0.29, 0.717) is 0 Å². The molecule has 0 aliphatic rings. The van der Waals surface area contributed by atoms with Crippen LogP contribution in [0.3, 0.4) is 0 Å². The van der Waals surface area contributed by atoms with Gasteiger partial charge in [-0.15, -0.1) is 0 Å². The van der Waals surface area contributed by atoms with Crippen LogP contribution in [0.2, 0.25) is 0 Å². The van der Waals surface area contributed by atoms with Crippen molar-refractivity contribution in [2.24, 2.45) is 4.99 Å². The maximum Gasteiger partial charge on any atom is 0.0277 e. The van der Waals surface area contributed by atoms with E-state index < -0.39 is 0 Å². The molecule has 11 heavy (non-hydrogen) atoms. The van der Waals surface area contributed by atoms with Crippen molar-refractivity contribution in [2.45, 2.75) is 13.8 Å². The second kappa shape index (κ2) is 7.00. The lowest BCUT2D eigenvalue weighted by Gasteiger charge is -1.84. The maximum absolute atomic E-state index is 3.85. The zero-order valence-corrected chi connectivity index (χ0v) is 7.41. The molecular weight excluding hydrogens is 134 g/mol. The average molecular weight is 149 g/mol. The van der Waals surface area contributed by atoms with Gasteiger partial charge >= 0.3 is 0 Å². The van der Waals surface area contributed by atoms with Gasteiger partial charge in [0.05, 0.1) is 0 Å². The van der Waals surface area contributed by atoms with Gasteiger partial charge < -0.3 is 0 Å². The fourth-order valence-corrected chi connectivity index (χ4v) is 0.566. The fourth-order valence-electron chi connectivity index (χ4n) is 0.566. The van der Waals surface area contributed by atoms with Crippen molar-refractivity contribution in [1.29, 1.82) is 0 Å². The summed E-state index contributed by atoms with van der Waals surface area (Å²) in [7, 11) is 1.76. The minimum atomic E-state index is 1.20. The van der Waals surface area contributed by atoms with Gasteiger partial charge in [0.2, 0.25) is 0 Å². The molecule has 0 aromatic rings. The van der Waals surface area contributed by atoms with Crippen molar-refractivity contribution in [1.82, 2.24) is 0 Å². The summed E-state index contributed by atoms with van der Waals surface area (Å²) >= 11 is 0. The topological polar surface area (TPSA) is 12.4 Å². The molecule has 0 fully saturated rings. The van der Waals surface area contributed by atoms with E-state index in [1.807, 2.05) is 44.2 Å². The van der Waals surface area contributed by atoms with Crippen LogP contribution < -0.4 is 0 Å². The third kappa shape index (κ3) is 6.78. The SMILES string of the molecule is CC=CC=CC(C)=CC=NC. The molecule has 0 saturated heterocycles. The Bertz CT molecular complexity index is 195. The average Bonchev–Trinajstić information content (AvgIpc) is 2.01. The van der Waals surface area contributed by atoms with E-state index in [-0.39, 0.29) is 0 Å². The normalized spacial score (nSPS) is 14.3. The number of aliphatic imine (C=N–C) groups is 1. The third-order valence-corrected chi connectivity index (χ3v) is 1.15. The van der Waals surface area contributed by atoms with Crippen LogP contribution in [0.1, 0.15) is 13.8 Å². The summed E-state index contributed by atoms with van der Waals surface area (Å²) in [6.45, 7) is 4.04. The maximum atomic E-state index is 3.85. The van der Waals surface area contributed by atoms with Crippen LogP contribution in [0, 0.1) is 0 Å². The lowest BCUT2D eigenvalue weighted by atomic mass is 10.2. The quantitative estimate of drug-likeness (QED) is 0.432. The molecule has 0 heterocycles. The predicted molar refractivity (Wildman–Crippen MR) is 52.1 cm³/mol. The highest BCUT2D eigenvalue weighted by molar-refractivity contribution is 5.72. The zero-order valence-electron chi connectivity index (χ0n) is 7.41. The van der Waals surface area contributed by atoms with Crippen molar-refractivity contribution < 1.29 is 0 Å². The van der Waals surface area contributed by atoms with Crippen molar-refractivity contribution in [3.05, 3.63) is 36.0 Å². The molecule has 0 rings (SSSR count). The molecule has 0 aromatic heterocycles. The van der Waals surface area contributed by atoms with E-state index >= 15 is 0 Å². The Kier molecular flexibility index (Phi) is 6.30. The minimum Gasteiger partial charge on any atom is -0.297 e. The lowest BCUT2D eigenvalue weighted by Crippen LogP contribution is -1.69. The van der Waals surface area contributed by atoms with E-state index in [1.165, 1.54) is 5.57 Å². The van der Waals surface area contributed by atoms with Crippen molar-refractivity contribution in [3.8, 4) is 0 Å². The monoisotopic (exact) mass is 149 g/mol. The number of rotatable bonds is 3. The molecule has 0 radical (unpaired) electrons. The second-order valence-corrected chi connectivity index (χ2v) is 2.20. The first-order valence-corrected chi connectivity index (χ1v) is 3.69. The van der Waals surface area contributed by atoms with Crippen molar-refractivity contribution in [3.63, 3.8) is 0 Å². The lowest BCUT2D eigenvalue weighted by molar-refractivity contribution is 1.46. The van der Waals surface area contributed by atoms with Crippen LogP contribution in [0.15, 0.2) is 40.9 Å². The molecule has 0 bridgehead atoms. The first-order chi connectivity index (χ1) is 5.31. The Hall–Kier alpha value is -1.11. The number of allylic oxidation sites excluding steroid dienone is 6. The summed E-state index contributed by atoms with van der Waals surface area (Å²) in [6.07, 6.45) is 11.8. The van der Waals surface area contributed by atoms with Gasteiger partial charge in [-0.3, -0.25) is 4.99 Å². The molecule has 60 valence electrons. The molecular formula is C10H15N. The van der Waals surface area contributed by atoms with Crippen LogP contribution in [-0.4, -0.2) is 13.3 Å². The molecule has 0 N–H and O–H groups in total. The van der Waals surface area contributed by atoms with Gasteiger partial charge in [-0.1, -0.05) is 24.3 Å². The van der Waals surface area contributed by atoms with Crippen LogP contribution >= 0.6 is 0 Å². The van der Waals surface area contributed by atoms with Crippen molar-refractivity contribution >= 4 is 6.21 Å². The minimum absolute atomic E-state index is 1.20. The Morgan fingerprint density at radius 3 is 2.55 bits per heavy atom. The summed E-state index contributed by atoms with van der Waals surface area (Å²) in [5, 5.41) is 0. The predicted octanol–water partition coefficient (Wildman–Crippen LogP) is 2.77. The fraction of sp³-hybridized carbons (Fsp3) is 0.300. The van der Waals surface area contributed by atoms with Gasteiger partial charge in [-0.05, 0) is 25.5 Å². The van der Waals surface area contributed by atoms with Gasteiger partial charge in [0.15, 0.2) is 0 Å². The van der Waals surface area contributed by atoms with E-state index in [0.717, 1.165) is 0 Å². The first-order valence-electron chi connectivity index (χ1n) is 3.69. The summed E-state index contributed by atoms with van der Waals surface area (Å²) < 4.78 is 0. The van der Waals surface area contributed by atoms with E-state index in [4.69, 9.17) is 0 Å². The first kappa shape index (κ1) is 9.89. The molecule has 0 aliphatic heterocycles. The van der Waals surface area contributed by atoms with Gasteiger partial charge in [0, 0.05) is 13.3 Å². The highest BCUT2D eigenvalue weighted by atomic mass is 14.6. The number of nitrogens with zero attached hydrogens (tertiary/aromatic N) is 1. The summed E-state index contributed by atoms with van der Waals surface area (Å²) in [4.78, 5) is 3.85. The molecule has 1 heteroatoms. The summed E-state index contributed by atoms with van der Waals surface area (Å²) in [5.74, 6) is 0. The summed E-state index contributed by atoms with van der Waals surface area (Å²) in [5.41, 5.74) is 1.20. The Morgan fingerprint density at radius 2 is 2.00 bits per heavy atom. The molecule has 0 spiro atoms. The van der Waals surface area contributed by atoms with Crippen molar-refractivity contribution in [2.75, 3.05) is 7.05 Å². The molecule has 0 atom stereocenters. The third-order valence-electron chi connectivity index (χ3n) is 1.15. The summed E-state index contributed by atoms with van der Waals surface area (Å²) in [6, 6.07) is 0. The zero-order chi connectivity index (χ0) is 8.53. The van der Waals surface area contributed by atoms with Gasteiger partial charge in [-0.2, -0.15) is 0 Å². The van der Waals surface area contributed by atoms with Crippen LogP contribution in [0.25, 0.3) is 0 Å². The highest BCUT2D eigenvalue weighted by Crippen LogP contribution is 1.92. The molecule has 0 aromatic carbocycles. The largest absolute Gasteiger partial charge is 0.297 e. The second-order valence-electron chi connectivity index (χ2n) is 2.20. The van der Waals surface area contributed by atoms with E-state index in [9.17, 15) is 0 Å². The standard InChI is InChI=1S/C10H15N/c1-4-5-6-7-10(2)8-9-11-3/h4-9H,1-3H3. The Labute approximate surface area is 68.9 Å².